The normalized spacial score (nSPS) is 11.2. The lowest BCUT2D eigenvalue weighted by Gasteiger charge is -2.01. The molecule has 0 aliphatic rings. The van der Waals surface area contributed by atoms with Gasteiger partial charge >= 0.3 is 0 Å². The highest BCUT2D eigenvalue weighted by Gasteiger charge is 2.11. The SMILES string of the molecule is CCc1ccc(-n2nc3cc(C)c(-c4ccco4)cc3n2)cc1. The molecular formula is C19H17N3O. The van der Waals surface area contributed by atoms with E-state index in [1.807, 2.05) is 18.2 Å². The first kappa shape index (κ1) is 13.8. The minimum atomic E-state index is 0.853. The molecule has 0 bridgehead atoms. The predicted octanol–water partition coefficient (Wildman–Crippen LogP) is 4.55. The summed E-state index contributed by atoms with van der Waals surface area (Å²) in [5.74, 6) is 0.853. The monoisotopic (exact) mass is 303 g/mol. The van der Waals surface area contributed by atoms with Gasteiger partial charge in [-0.1, -0.05) is 19.1 Å². The number of furan rings is 1. The van der Waals surface area contributed by atoms with E-state index in [9.17, 15) is 0 Å². The smallest absolute Gasteiger partial charge is 0.134 e. The Kier molecular flexibility index (Phi) is 3.23. The van der Waals surface area contributed by atoms with E-state index in [1.165, 1.54) is 5.56 Å². The van der Waals surface area contributed by atoms with Gasteiger partial charge in [-0.2, -0.15) is 4.80 Å². The van der Waals surface area contributed by atoms with Crippen molar-refractivity contribution >= 4 is 11.0 Å². The Hall–Kier alpha value is -2.88. The highest BCUT2D eigenvalue weighted by molar-refractivity contribution is 5.82. The molecule has 0 aliphatic heterocycles. The molecule has 23 heavy (non-hydrogen) atoms. The molecule has 0 N–H and O–H groups in total. The second-order valence-electron chi connectivity index (χ2n) is 5.64. The summed E-state index contributed by atoms with van der Waals surface area (Å²) < 4.78 is 5.51. The van der Waals surface area contributed by atoms with E-state index in [-0.39, 0.29) is 0 Å². The minimum absolute atomic E-state index is 0.853. The summed E-state index contributed by atoms with van der Waals surface area (Å²) in [6.45, 7) is 4.21. The van der Waals surface area contributed by atoms with Crippen molar-refractivity contribution in [3.8, 4) is 17.0 Å². The van der Waals surface area contributed by atoms with Crippen LogP contribution in [0.15, 0.2) is 59.2 Å². The van der Waals surface area contributed by atoms with Gasteiger partial charge in [0.05, 0.1) is 12.0 Å². The summed E-state index contributed by atoms with van der Waals surface area (Å²) in [4.78, 5) is 1.69. The fourth-order valence-electron chi connectivity index (χ4n) is 2.75. The van der Waals surface area contributed by atoms with Crippen molar-refractivity contribution in [2.45, 2.75) is 20.3 Å². The van der Waals surface area contributed by atoms with Crippen LogP contribution in [0.5, 0.6) is 0 Å². The number of hydrogen-bond donors (Lipinski definition) is 0. The molecule has 114 valence electrons. The van der Waals surface area contributed by atoms with E-state index in [1.54, 1.807) is 11.1 Å². The molecule has 4 rings (SSSR count). The number of hydrogen-bond acceptors (Lipinski definition) is 3. The zero-order valence-corrected chi connectivity index (χ0v) is 13.2. The molecule has 0 unspecified atom stereocenters. The van der Waals surface area contributed by atoms with Gasteiger partial charge in [0.25, 0.3) is 0 Å². The molecule has 0 aliphatic carbocycles. The van der Waals surface area contributed by atoms with E-state index < -0.39 is 0 Å². The second kappa shape index (κ2) is 5.39. The Labute approximate surface area is 134 Å². The van der Waals surface area contributed by atoms with Gasteiger partial charge in [0, 0.05) is 5.56 Å². The first-order valence-electron chi connectivity index (χ1n) is 7.75. The van der Waals surface area contributed by atoms with Crippen LogP contribution in [0.2, 0.25) is 0 Å². The van der Waals surface area contributed by atoms with E-state index in [0.717, 1.165) is 40.0 Å². The van der Waals surface area contributed by atoms with Gasteiger partial charge in [0.2, 0.25) is 0 Å². The molecule has 0 fully saturated rings. The van der Waals surface area contributed by atoms with Gasteiger partial charge in [0.1, 0.15) is 16.8 Å². The third-order valence-corrected chi connectivity index (χ3v) is 4.09. The first-order valence-corrected chi connectivity index (χ1v) is 7.75. The summed E-state index contributed by atoms with van der Waals surface area (Å²) in [6, 6.07) is 16.3. The molecule has 0 saturated heterocycles. The Bertz CT molecular complexity index is 950. The molecule has 0 saturated carbocycles. The maximum Gasteiger partial charge on any atom is 0.134 e. The van der Waals surface area contributed by atoms with Crippen molar-refractivity contribution < 1.29 is 4.42 Å². The molecule has 0 spiro atoms. The first-order chi connectivity index (χ1) is 11.2. The standard InChI is InChI=1S/C19H17N3O/c1-3-14-6-8-15(9-7-14)22-20-17-11-13(2)16(12-18(17)21-22)19-5-4-10-23-19/h4-12H,3H2,1-2H3. The van der Waals surface area contributed by atoms with E-state index in [2.05, 4.69) is 54.4 Å². The number of benzene rings is 2. The zero-order chi connectivity index (χ0) is 15.8. The van der Waals surface area contributed by atoms with Crippen LogP contribution in [0, 0.1) is 6.92 Å². The number of aryl methyl sites for hydroxylation is 2. The van der Waals surface area contributed by atoms with Crippen molar-refractivity contribution in [2.24, 2.45) is 0 Å². The summed E-state index contributed by atoms with van der Waals surface area (Å²) in [5.41, 5.74) is 6.20. The minimum Gasteiger partial charge on any atom is -0.464 e. The molecular weight excluding hydrogens is 286 g/mol. The summed E-state index contributed by atoms with van der Waals surface area (Å²) in [6.07, 6.45) is 2.71. The lowest BCUT2D eigenvalue weighted by atomic mass is 10.1. The maximum atomic E-state index is 5.51. The quantitative estimate of drug-likeness (QED) is 0.557. The predicted molar refractivity (Wildman–Crippen MR) is 90.7 cm³/mol. The van der Waals surface area contributed by atoms with Gasteiger partial charge in [-0.3, -0.25) is 0 Å². The van der Waals surface area contributed by atoms with Crippen molar-refractivity contribution in [3.05, 3.63) is 65.9 Å². The highest BCUT2D eigenvalue weighted by Crippen LogP contribution is 2.27. The van der Waals surface area contributed by atoms with Crippen LogP contribution in [-0.2, 0) is 6.42 Å². The third kappa shape index (κ3) is 2.42. The van der Waals surface area contributed by atoms with Crippen LogP contribution < -0.4 is 0 Å². The van der Waals surface area contributed by atoms with Crippen LogP contribution >= 0.6 is 0 Å². The Morgan fingerprint density at radius 3 is 2.39 bits per heavy atom. The van der Waals surface area contributed by atoms with Crippen molar-refractivity contribution in [2.75, 3.05) is 0 Å². The van der Waals surface area contributed by atoms with E-state index in [0.29, 0.717) is 0 Å². The van der Waals surface area contributed by atoms with Crippen LogP contribution in [0.4, 0.5) is 0 Å². The molecule has 2 aromatic carbocycles. The molecule has 0 amide bonds. The lowest BCUT2D eigenvalue weighted by molar-refractivity contribution is 0.582. The van der Waals surface area contributed by atoms with Gasteiger partial charge in [-0.25, -0.2) is 0 Å². The van der Waals surface area contributed by atoms with E-state index in [4.69, 9.17) is 4.42 Å². The number of rotatable bonds is 3. The zero-order valence-electron chi connectivity index (χ0n) is 13.2. The topological polar surface area (TPSA) is 43.9 Å². The molecule has 2 aromatic heterocycles. The van der Waals surface area contributed by atoms with Crippen LogP contribution in [0.25, 0.3) is 28.0 Å². The summed E-state index contributed by atoms with van der Waals surface area (Å²) in [7, 11) is 0. The van der Waals surface area contributed by atoms with Crippen molar-refractivity contribution in [1.82, 2.24) is 15.0 Å². The number of fused-ring (bicyclic) bond motifs is 1. The van der Waals surface area contributed by atoms with Gasteiger partial charge in [-0.15, -0.1) is 10.2 Å². The van der Waals surface area contributed by atoms with Crippen molar-refractivity contribution in [3.63, 3.8) is 0 Å². The molecule has 4 aromatic rings. The average molecular weight is 303 g/mol. The molecule has 2 heterocycles. The fraction of sp³-hybridized carbons (Fsp3) is 0.158. The molecule has 0 atom stereocenters. The summed E-state index contributed by atoms with van der Waals surface area (Å²) in [5, 5.41) is 9.21. The van der Waals surface area contributed by atoms with Crippen LogP contribution in [0.3, 0.4) is 0 Å². The fourth-order valence-corrected chi connectivity index (χ4v) is 2.75. The van der Waals surface area contributed by atoms with Crippen LogP contribution in [0.1, 0.15) is 18.1 Å². The Morgan fingerprint density at radius 2 is 1.74 bits per heavy atom. The second-order valence-corrected chi connectivity index (χ2v) is 5.64. The average Bonchev–Trinajstić information content (AvgIpc) is 3.23. The molecule has 4 nitrogen and oxygen atoms in total. The lowest BCUT2D eigenvalue weighted by Crippen LogP contribution is -1.98. The third-order valence-electron chi connectivity index (χ3n) is 4.09. The number of aromatic nitrogens is 3. The Balaban J connectivity index is 1.81. The van der Waals surface area contributed by atoms with Gasteiger partial charge < -0.3 is 4.42 Å². The number of nitrogens with zero attached hydrogens (tertiary/aromatic N) is 3. The summed E-state index contributed by atoms with van der Waals surface area (Å²) >= 11 is 0. The Morgan fingerprint density at radius 1 is 1.00 bits per heavy atom. The highest BCUT2D eigenvalue weighted by atomic mass is 16.3. The van der Waals surface area contributed by atoms with Gasteiger partial charge in [-0.05, 0) is 60.9 Å². The van der Waals surface area contributed by atoms with E-state index >= 15 is 0 Å². The van der Waals surface area contributed by atoms with Crippen molar-refractivity contribution in [1.29, 1.82) is 0 Å². The van der Waals surface area contributed by atoms with Gasteiger partial charge in [0.15, 0.2) is 0 Å². The molecule has 4 heteroatoms. The maximum absolute atomic E-state index is 5.51. The van der Waals surface area contributed by atoms with Crippen LogP contribution in [-0.4, -0.2) is 15.0 Å². The molecule has 0 radical (unpaired) electrons. The largest absolute Gasteiger partial charge is 0.464 e.